The number of benzene rings is 1. The van der Waals surface area contributed by atoms with Gasteiger partial charge in [0.05, 0.1) is 44.0 Å². The first-order valence-electron chi connectivity index (χ1n) is 12.0. The Morgan fingerprint density at radius 2 is 2.08 bits per heavy atom. The zero-order chi connectivity index (χ0) is 26.6. The molecule has 3 aromatic heterocycles. The lowest BCUT2D eigenvalue weighted by Crippen LogP contribution is -2.23. The third kappa shape index (κ3) is 4.85. The number of fused-ring (bicyclic) bond motifs is 2. The summed E-state index contributed by atoms with van der Waals surface area (Å²) in [5, 5.41) is 13.9. The van der Waals surface area contributed by atoms with Crippen molar-refractivity contribution in [3.8, 4) is 11.5 Å². The second-order valence-corrected chi connectivity index (χ2v) is 8.58. The van der Waals surface area contributed by atoms with E-state index in [0.29, 0.717) is 46.4 Å². The average Bonchev–Trinajstić information content (AvgIpc) is 3.37. The number of rotatable bonds is 9. The number of anilines is 2. The largest absolute Gasteiger partial charge is 0.497 e. The molecule has 0 saturated heterocycles. The van der Waals surface area contributed by atoms with Gasteiger partial charge in [-0.05, 0) is 12.1 Å². The van der Waals surface area contributed by atoms with Gasteiger partial charge in [-0.2, -0.15) is 0 Å². The van der Waals surface area contributed by atoms with Gasteiger partial charge < -0.3 is 35.4 Å². The van der Waals surface area contributed by atoms with Crippen LogP contribution < -0.4 is 25.0 Å². The highest BCUT2D eigenvalue weighted by molar-refractivity contribution is 6.07. The summed E-state index contributed by atoms with van der Waals surface area (Å²) in [4.78, 5) is 23.7. The fourth-order valence-corrected chi connectivity index (χ4v) is 4.34. The predicted octanol–water partition coefficient (Wildman–Crippen LogP) is 3.10. The molecule has 1 aliphatic heterocycles. The lowest BCUT2D eigenvalue weighted by molar-refractivity contribution is 0.374. The SMILES string of the molecule is CN/C=C(\C=N)c1cnc2ccc(N(Cc3nc4c([nH]3)CCNC4)c3cc(OC)cc(OC)c3F)nc2n1. The number of hydrogen-bond acceptors (Lipinski definition) is 10. The molecule has 38 heavy (non-hydrogen) atoms. The van der Waals surface area contributed by atoms with Crippen molar-refractivity contribution >= 4 is 34.5 Å². The van der Waals surface area contributed by atoms with Crippen LogP contribution in [0, 0.1) is 11.2 Å². The molecule has 5 rings (SSSR count). The Labute approximate surface area is 218 Å². The van der Waals surface area contributed by atoms with Crippen molar-refractivity contribution in [2.24, 2.45) is 0 Å². The zero-order valence-electron chi connectivity index (χ0n) is 21.3. The number of nitrogens with one attached hydrogen (secondary N) is 4. The van der Waals surface area contributed by atoms with Crippen LogP contribution in [-0.4, -0.2) is 58.9 Å². The number of ether oxygens (including phenoxy) is 2. The van der Waals surface area contributed by atoms with Crippen LogP contribution in [0.2, 0.25) is 0 Å². The van der Waals surface area contributed by atoms with Gasteiger partial charge in [0.1, 0.15) is 22.9 Å². The Bertz CT molecular complexity index is 1490. The fraction of sp³-hybridized carbons (Fsp3) is 0.269. The van der Waals surface area contributed by atoms with E-state index < -0.39 is 5.82 Å². The quantitative estimate of drug-likeness (QED) is 0.247. The smallest absolute Gasteiger partial charge is 0.188 e. The van der Waals surface area contributed by atoms with E-state index in [1.165, 1.54) is 26.5 Å². The minimum Gasteiger partial charge on any atom is -0.497 e. The Hall–Kier alpha value is -4.58. The summed E-state index contributed by atoms with van der Waals surface area (Å²) in [5.41, 5.74) is 4.18. The highest BCUT2D eigenvalue weighted by Crippen LogP contribution is 2.37. The van der Waals surface area contributed by atoms with Gasteiger partial charge in [-0.1, -0.05) is 0 Å². The van der Waals surface area contributed by atoms with Gasteiger partial charge in [0.2, 0.25) is 0 Å². The van der Waals surface area contributed by atoms with Crippen molar-refractivity contribution in [1.29, 1.82) is 5.41 Å². The van der Waals surface area contributed by atoms with E-state index in [9.17, 15) is 0 Å². The number of pyridine rings is 1. The summed E-state index contributed by atoms with van der Waals surface area (Å²) in [6.07, 6.45) is 5.27. The summed E-state index contributed by atoms with van der Waals surface area (Å²) in [7, 11) is 4.66. The fourth-order valence-electron chi connectivity index (χ4n) is 4.34. The number of halogens is 1. The van der Waals surface area contributed by atoms with E-state index in [4.69, 9.17) is 24.9 Å². The first-order valence-corrected chi connectivity index (χ1v) is 12.0. The first-order chi connectivity index (χ1) is 18.5. The van der Waals surface area contributed by atoms with E-state index in [-0.39, 0.29) is 18.0 Å². The lowest BCUT2D eigenvalue weighted by atomic mass is 10.2. The van der Waals surface area contributed by atoms with Gasteiger partial charge in [-0.15, -0.1) is 0 Å². The molecule has 0 aliphatic carbocycles. The number of H-pyrrole nitrogens is 1. The molecule has 0 bridgehead atoms. The van der Waals surface area contributed by atoms with Crippen molar-refractivity contribution < 1.29 is 13.9 Å². The third-order valence-corrected chi connectivity index (χ3v) is 6.23. The van der Waals surface area contributed by atoms with Gasteiger partial charge in [-0.3, -0.25) is 4.98 Å². The monoisotopic (exact) mass is 517 g/mol. The van der Waals surface area contributed by atoms with Gasteiger partial charge >= 0.3 is 0 Å². The molecule has 4 aromatic rings. The normalized spacial score (nSPS) is 13.2. The lowest BCUT2D eigenvalue weighted by Gasteiger charge is -2.25. The second-order valence-electron chi connectivity index (χ2n) is 8.58. The van der Waals surface area contributed by atoms with Crippen LogP contribution in [0.25, 0.3) is 16.7 Å². The van der Waals surface area contributed by atoms with Gasteiger partial charge in [-0.25, -0.2) is 19.3 Å². The molecule has 11 nitrogen and oxygen atoms in total. The maximum Gasteiger partial charge on any atom is 0.188 e. The number of imidazole rings is 1. The summed E-state index contributed by atoms with van der Waals surface area (Å²) >= 11 is 0. The molecule has 0 fully saturated rings. The standard InChI is InChI=1S/C26H28FN9O2/c1-29-11-15(10-28)19-13-31-18-4-5-24(35-26(18)34-19)36(14-23-32-17-6-7-30-12-20(17)33-23)21-8-16(37-2)9-22(38-3)25(21)27/h4-5,8-11,13,28-30H,6-7,12,14H2,1-3H3,(H,32,33)/b15-11+,28-10?. The highest BCUT2D eigenvalue weighted by atomic mass is 19.1. The molecule has 0 unspecified atom stereocenters. The number of allylic oxidation sites excluding steroid dienone is 1. The molecular formula is C26H28FN9O2. The molecule has 0 saturated carbocycles. The van der Waals surface area contributed by atoms with Crippen molar-refractivity contribution in [2.45, 2.75) is 19.5 Å². The van der Waals surface area contributed by atoms with Crippen molar-refractivity contribution in [3.05, 3.63) is 65.4 Å². The van der Waals surface area contributed by atoms with E-state index in [1.54, 1.807) is 42.5 Å². The van der Waals surface area contributed by atoms with E-state index in [0.717, 1.165) is 24.4 Å². The molecule has 0 spiro atoms. The van der Waals surface area contributed by atoms with Crippen LogP contribution in [-0.2, 0) is 19.5 Å². The summed E-state index contributed by atoms with van der Waals surface area (Å²) in [5.74, 6) is 1.02. The van der Waals surface area contributed by atoms with E-state index >= 15 is 4.39 Å². The molecule has 0 atom stereocenters. The minimum atomic E-state index is -0.559. The molecule has 0 radical (unpaired) electrons. The van der Waals surface area contributed by atoms with Gasteiger partial charge in [0.25, 0.3) is 0 Å². The van der Waals surface area contributed by atoms with Crippen molar-refractivity contribution in [2.75, 3.05) is 32.7 Å². The first kappa shape index (κ1) is 25.1. The molecule has 0 amide bonds. The Balaban J connectivity index is 1.64. The highest BCUT2D eigenvalue weighted by Gasteiger charge is 2.24. The topological polar surface area (TPSA) is 137 Å². The van der Waals surface area contributed by atoms with Crippen LogP contribution in [0.5, 0.6) is 11.5 Å². The molecule has 196 valence electrons. The number of methoxy groups -OCH3 is 2. The van der Waals surface area contributed by atoms with Gasteiger partial charge in [0.15, 0.2) is 17.2 Å². The van der Waals surface area contributed by atoms with E-state index in [2.05, 4.69) is 25.6 Å². The Morgan fingerprint density at radius 1 is 1.21 bits per heavy atom. The zero-order valence-corrected chi connectivity index (χ0v) is 21.3. The minimum absolute atomic E-state index is 0.0444. The molecule has 12 heteroatoms. The van der Waals surface area contributed by atoms with Crippen LogP contribution in [0.3, 0.4) is 0 Å². The van der Waals surface area contributed by atoms with Gasteiger partial charge in [0, 0.05) is 62.4 Å². The maximum absolute atomic E-state index is 15.7. The van der Waals surface area contributed by atoms with E-state index in [1.807, 2.05) is 0 Å². The molecule has 1 aromatic carbocycles. The molecule has 1 aliphatic rings. The molecular weight excluding hydrogens is 489 g/mol. The molecule has 4 heterocycles. The predicted molar refractivity (Wildman–Crippen MR) is 142 cm³/mol. The van der Waals surface area contributed by atoms with Crippen LogP contribution in [0.1, 0.15) is 22.9 Å². The Kier molecular flexibility index (Phi) is 7.13. The van der Waals surface area contributed by atoms with Crippen LogP contribution in [0.15, 0.2) is 36.7 Å². The third-order valence-electron chi connectivity index (χ3n) is 6.23. The summed E-state index contributed by atoms with van der Waals surface area (Å²) in [6, 6.07) is 6.62. The van der Waals surface area contributed by atoms with Crippen molar-refractivity contribution in [1.82, 2.24) is 35.6 Å². The average molecular weight is 518 g/mol. The van der Waals surface area contributed by atoms with Crippen LogP contribution in [0.4, 0.5) is 15.9 Å². The number of nitrogens with zero attached hydrogens (tertiary/aromatic N) is 5. The number of aromatic nitrogens is 5. The summed E-state index contributed by atoms with van der Waals surface area (Å²) in [6.45, 7) is 1.75. The molecule has 4 N–H and O–H groups in total. The Morgan fingerprint density at radius 3 is 2.82 bits per heavy atom. The number of hydrogen-bond donors (Lipinski definition) is 4. The number of aromatic amines is 1. The second kappa shape index (κ2) is 10.8. The maximum atomic E-state index is 15.7. The van der Waals surface area contributed by atoms with Crippen LogP contribution >= 0.6 is 0 Å². The summed E-state index contributed by atoms with van der Waals surface area (Å²) < 4.78 is 26.4. The van der Waals surface area contributed by atoms with Crippen molar-refractivity contribution in [3.63, 3.8) is 0 Å².